The summed E-state index contributed by atoms with van der Waals surface area (Å²) in [5, 5.41) is 0. The van der Waals surface area contributed by atoms with Crippen molar-refractivity contribution >= 4 is 11.9 Å². The van der Waals surface area contributed by atoms with Gasteiger partial charge in [0.25, 0.3) is 11.9 Å². The zero-order valence-electron chi connectivity index (χ0n) is 16.2. The molecule has 0 spiro atoms. The maximum absolute atomic E-state index is 12.7. The van der Waals surface area contributed by atoms with Crippen LogP contribution in [0, 0.1) is 6.92 Å². The number of methoxy groups -OCH3 is 1. The fourth-order valence-electron chi connectivity index (χ4n) is 3.22. The number of esters is 1. The van der Waals surface area contributed by atoms with Crippen LogP contribution in [-0.4, -0.2) is 36.5 Å². The number of likely N-dealkylation sites (tertiary alicyclic amines) is 1. The third kappa shape index (κ3) is 3.99. The molecule has 1 aromatic heterocycles. The molecule has 6 heteroatoms. The number of benzene rings is 1. The molecule has 1 atom stereocenters. The molecule has 6 nitrogen and oxygen atoms in total. The Hall–Kier alpha value is -2.76. The Morgan fingerprint density at radius 2 is 2.00 bits per heavy atom. The lowest BCUT2D eigenvalue weighted by atomic mass is 10.0. The van der Waals surface area contributed by atoms with Crippen LogP contribution in [0.15, 0.2) is 34.7 Å². The van der Waals surface area contributed by atoms with E-state index in [0.717, 1.165) is 17.5 Å². The SMILES string of the molecule is COC(=O)C1CCCN1C(=O)c1ccc(Oc2cc(C(C)C)ccc2C)o1. The molecule has 1 fully saturated rings. The first-order valence-electron chi connectivity index (χ1n) is 9.17. The van der Waals surface area contributed by atoms with Gasteiger partial charge in [-0.1, -0.05) is 26.0 Å². The summed E-state index contributed by atoms with van der Waals surface area (Å²) in [6.45, 7) is 6.70. The number of carbonyl (C=O) groups is 2. The van der Waals surface area contributed by atoms with Gasteiger partial charge in [-0.3, -0.25) is 4.79 Å². The molecule has 0 saturated carbocycles. The second kappa shape index (κ2) is 7.86. The number of nitrogens with zero attached hydrogens (tertiary/aromatic N) is 1. The van der Waals surface area contributed by atoms with Crippen molar-refractivity contribution in [3.63, 3.8) is 0 Å². The summed E-state index contributed by atoms with van der Waals surface area (Å²) in [6, 6.07) is 8.71. The molecule has 0 N–H and O–H groups in total. The highest BCUT2D eigenvalue weighted by atomic mass is 16.6. The van der Waals surface area contributed by atoms with Crippen LogP contribution in [0.25, 0.3) is 0 Å². The number of hydrogen-bond donors (Lipinski definition) is 0. The minimum atomic E-state index is -0.554. The van der Waals surface area contributed by atoms with Crippen LogP contribution >= 0.6 is 0 Å². The van der Waals surface area contributed by atoms with Crippen LogP contribution in [0.1, 0.15) is 54.3 Å². The van der Waals surface area contributed by atoms with E-state index in [4.69, 9.17) is 13.9 Å². The smallest absolute Gasteiger partial charge is 0.328 e. The third-order valence-corrected chi connectivity index (χ3v) is 4.87. The number of furan rings is 1. The average Bonchev–Trinajstić information content (AvgIpc) is 3.31. The highest BCUT2D eigenvalue weighted by Gasteiger charge is 2.36. The molecule has 3 rings (SSSR count). The lowest BCUT2D eigenvalue weighted by molar-refractivity contribution is -0.145. The maximum Gasteiger partial charge on any atom is 0.328 e. The first kappa shape index (κ1) is 19.0. The van der Waals surface area contributed by atoms with Crippen LogP contribution in [-0.2, 0) is 9.53 Å². The van der Waals surface area contributed by atoms with E-state index in [-0.39, 0.29) is 17.6 Å². The Morgan fingerprint density at radius 3 is 2.70 bits per heavy atom. The van der Waals surface area contributed by atoms with Crippen molar-refractivity contribution in [1.82, 2.24) is 4.90 Å². The fraction of sp³-hybridized carbons (Fsp3) is 0.429. The second-order valence-electron chi connectivity index (χ2n) is 7.08. The first-order chi connectivity index (χ1) is 12.9. The van der Waals surface area contributed by atoms with Crippen LogP contribution < -0.4 is 4.74 Å². The van der Waals surface area contributed by atoms with Crippen LogP contribution in [0.4, 0.5) is 0 Å². The van der Waals surface area contributed by atoms with Crippen molar-refractivity contribution in [2.24, 2.45) is 0 Å². The van der Waals surface area contributed by atoms with Gasteiger partial charge in [0.1, 0.15) is 11.8 Å². The third-order valence-electron chi connectivity index (χ3n) is 4.87. The molecular formula is C21H25NO5. The van der Waals surface area contributed by atoms with E-state index in [2.05, 4.69) is 19.9 Å². The highest BCUT2D eigenvalue weighted by Crippen LogP contribution is 2.31. The lowest BCUT2D eigenvalue weighted by Gasteiger charge is -2.21. The van der Waals surface area contributed by atoms with Gasteiger partial charge < -0.3 is 18.8 Å². The van der Waals surface area contributed by atoms with E-state index < -0.39 is 12.0 Å². The standard InChI is InChI=1S/C21H25NO5/c1-13(2)15-8-7-14(3)18(12-15)27-19-10-9-17(26-19)20(23)22-11-5-6-16(22)21(24)25-4/h7-10,12-13,16H,5-6,11H2,1-4H3. The molecule has 1 aromatic carbocycles. The number of carbonyl (C=O) groups excluding carboxylic acids is 2. The van der Waals surface area contributed by atoms with Gasteiger partial charge >= 0.3 is 5.97 Å². The Balaban J connectivity index is 1.76. The predicted molar refractivity (Wildman–Crippen MR) is 100 cm³/mol. The van der Waals surface area contributed by atoms with Crippen LogP contribution in [0.3, 0.4) is 0 Å². The lowest BCUT2D eigenvalue weighted by Crippen LogP contribution is -2.40. The van der Waals surface area contributed by atoms with Gasteiger partial charge in [-0.2, -0.15) is 0 Å². The van der Waals surface area contributed by atoms with Gasteiger partial charge in [-0.25, -0.2) is 4.79 Å². The summed E-state index contributed by atoms with van der Waals surface area (Å²) in [4.78, 5) is 26.1. The summed E-state index contributed by atoms with van der Waals surface area (Å²) in [5.74, 6) is 0.750. The van der Waals surface area contributed by atoms with Gasteiger partial charge in [0.15, 0.2) is 5.76 Å². The average molecular weight is 371 g/mol. The van der Waals surface area contributed by atoms with E-state index >= 15 is 0 Å². The Morgan fingerprint density at radius 1 is 1.22 bits per heavy atom. The van der Waals surface area contributed by atoms with Crippen molar-refractivity contribution in [2.45, 2.75) is 45.6 Å². The van der Waals surface area contributed by atoms with Crippen molar-refractivity contribution in [3.05, 3.63) is 47.2 Å². The monoisotopic (exact) mass is 371 g/mol. The summed E-state index contributed by atoms with van der Waals surface area (Å²) in [5.41, 5.74) is 2.14. The fourth-order valence-corrected chi connectivity index (χ4v) is 3.22. The first-order valence-corrected chi connectivity index (χ1v) is 9.17. The van der Waals surface area contributed by atoms with Crippen molar-refractivity contribution in [3.8, 4) is 11.7 Å². The minimum absolute atomic E-state index is 0.151. The summed E-state index contributed by atoms with van der Waals surface area (Å²) < 4.78 is 16.3. The number of amides is 1. The molecule has 1 aliphatic rings. The molecule has 144 valence electrons. The molecule has 0 aliphatic carbocycles. The number of rotatable bonds is 5. The van der Waals surface area contributed by atoms with E-state index in [1.807, 2.05) is 19.1 Å². The van der Waals surface area contributed by atoms with E-state index in [1.165, 1.54) is 12.0 Å². The molecule has 1 amide bonds. The Kier molecular flexibility index (Phi) is 5.54. The molecule has 1 unspecified atom stereocenters. The number of aryl methyl sites for hydroxylation is 1. The van der Waals surface area contributed by atoms with Crippen molar-refractivity contribution in [1.29, 1.82) is 0 Å². The number of hydrogen-bond acceptors (Lipinski definition) is 5. The van der Waals surface area contributed by atoms with Gasteiger partial charge in [0.2, 0.25) is 0 Å². The van der Waals surface area contributed by atoms with Gasteiger partial charge in [-0.15, -0.1) is 0 Å². The maximum atomic E-state index is 12.7. The second-order valence-corrected chi connectivity index (χ2v) is 7.08. The van der Waals surface area contributed by atoms with Crippen molar-refractivity contribution in [2.75, 3.05) is 13.7 Å². The van der Waals surface area contributed by atoms with Gasteiger partial charge in [0, 0.05) is 12.6 Å². The van der Waals surface area contributed by atoms with Crippen molar-refractivity contribution < 1.29 is 23.5 Å². The van der Waals surface area contributed by atoms with E-state index in [0.29, 0.717) is 24.6 Å². The van der Waals surface area contributed by atoms with Crippen LogP contribution in [0.5, 0.6) is 11.7 Å². The topological polar surface area (TPSA) is 69.0 Å². The summed E-state index contributed by atoms with van der Waals surface area (Å²) in [6.07, 6.45) is 1.36. The molecule has 1 aliphatic heterocycles. The van der Waals surface area contributed by atoms with Gasteiger partial charge in [0.05, 0.1) is 7.11 Å². The Labute approximate surface area is 159 Å². The van der Waals surface area contributed by atoms with E-state index in [1.54, 1.807) is 12.1 Å². The molecule has 0 bridgehead atoms. The minimum Gasteiger partial charge on any atom is -0.467 e. The summed E-state index contributed by atoms with van der Waals surface area (Å²) >= 11 is 0. The predicted octanol–water partition coefficient (Wildman–Crippen LogP) is 4.28. The molecular weight excluding hydrogens is 346 g/mol. The summed E-state index contributed by atoms with van der Waals surface area (Å²) in [7, 11) is 1.33. The molecule has 27 heavy (non-hydrogen) atoms. The number of ether oxygens (including phenoxy) is 2. The highest BCUT2D eigenvalue weighted by molar-refractivity contribution is 5.95. The normalized spacial score (nSPS) is 16.6. The largest absolute Gasteiger partial charge is 0.467 e. The molecule has 1 saturated heterocycles. The van der Waals surface area contributed by atoms with Crippen LogP contribution in [0.2, 0.25) is 0 Å². The molecule has 0 radical (unpaired) electrons. The zero-order chi connectivity index (χ0) is 19.6. The molecule has 2 heterocycles. The Bertz CT molecular complexity index is 839. The zero-order valence-corrected chi connectivity index (χ0v) is 16.2. The molecule has 2 aromatic rings. The quantitative estimate of drug-likeness (QED) is 0.734. The van der Waals surface area contributed by atoms with Gasteiger partial charge in [-0.05, 0) is 48.9 Å². The van der Waals surface area contributed by atoms with E-state index in [9.17, 15) is 9.59 Å².